The normalized spacial score (nSPS) is 11.5. The highest BCUT2D eigenvalue weighted by Gasteiger charge is 2.21. The first-order chi connectivity index (χ1) is 12.5. The molecule has 2 rings (SSSR count). The zero-order valence-corrected chi connectivity index (χ0v) is 15.0. The van der Waals surface area contributed by atoms with E-state index in [1.807, 2.05) is 0 Å². The molecule has 0 saturated heterocycles. The van der Waals surface area contributed by atoms with Crippen molar-refractivity contribution < 1.29 is 23.5 Å². The second kappa shape index (κ2) is 9.77. The third kappa shape index (κ3) is 5.74. The van der Waals surface area contributed by atoms with Gasteiger partial charge in [-0.3, -0.25) is 9.59 Å². The molecule has 2 aromatic rings. The fourth-order valence-corrected chi connectivity index (χ4v) is 2.60. The summed E-state index contributed by atoms with van der Waals surface area (Å²) in [6.45, 7) is 0.000231. The van der Waals surface area contributed by atoms with Crippen molar-refractivity contribution in [2.45, 2.75) is 18.9 Å². The molecule has 0 aliphatic carbocycles. The zero-order chi connectivity index (χ0) is 18.9. The Morgan fingerprint density at radius 1 is 1.15 bits per heavy atom. The summed E-state index contributed by atoms with van der Waals surface area (Å²) in [5, 5.41) is 3.18. The maximum atomic E-state index is 13.5. The van der Waals surface area contributed by atoms with Gasteiger partial charge in [-0.15, -0.1) is 0 Å². The van der Waals surface area contributed by atoms with E-state index < -0.39 is 17.8 Å². The fourth-order valence-electron chi connectivity index (χ4n) is 2.33. The number of esters is 1. The molecule has 1 amide bonds. The molecule has 0 bridgehead atoms. The van der Waals surface area contributed by atoms with Crippen LogP contribution in [-0.4, -0.2) is 25.6 Å². The van der Waals surface area contributed by atoms with Crippen LogP contribution in [0.2, 0.25) is 5.02 Å². The molecule has 0 saturated carbocycles. The first-order valence-electron chi connectivity index (χ1n) is 7.99. The summed E-state index contributed by atoms with van der Waals surface area (Å²) in [5.74, 6) is -1.24. The largest absolute Gasteiger partial charge is 0.490 e. The van der Waals surface area contributed by atoms with Crippen LogP contribution >= 0.6 is 11.6 Å². The van der Waals surface area contributed by atoms with Gasteiger partial charge in [-0.05, 0) is 23.8 Å². The van der Waals surface area contributed by atoms with E-state index in [-0.39, 0.29) is 31.1 Å². The Labute approximate surface area is 156 Å². The standard InChI is InChI=1S/C19H19ClFNO4/c1-25-19(24)12-16(13-6-2-3-7-14(13)20)22-18(23)10-11-26-17-9-5-4-8-15(17)21/h2-9,16H,10-12H2,1H3,(H,22,23). The van der Waals surface area contributed by atoms with Crippen molar-refractivity contribution in [3.8, 4) is 5.75 Å². The number of hydrogen-bond acceptors (Lipinski definition) is 4. The van der Waals surface area contributed by atoms with Crippen molar-refractivity contribution in [3.63, 3.8) is 0 Å². The van der Waals surface area contributed by atoms with Crippen LogP contribution in [-0.2, 0) is 14.3 Å². The molecule has 0 fully saturated rings. The van der Waals surface area contributed by atoms with Crippen LogP contribution < -0.4 is 10.1 Å². The zero-order valence-electron chi connectivity index (χ0n) is 14.2. The summed E-state index contributed by atoms with van der Waals surface area (Å²) < 4.78 is 23.4. The number of nitrogens with one attached hydrogen (secondary N) is 1. The van der Waals surface area contributed by atoms with E-state index in [9.17, 15) is 14.0 Å². The lowest BCUT2D eigenvalue weighted by atomic mass is 10.0. The lowest BCUT2D eigenvalue weighted by Gasteiger charge is -2.19. The Kier molecular flexibility index (Phi) is 7.41. The van der Waals surface area contributed by atoms with Gasteiger partial charge in [0.2, 0.25) is 5.91 Å². The van der Waals surface area contributed by atoms with E-state index in [0.29, 0.717) is 10.6 Å². The van der Waals surface area contributed by atoms with E-state index in [2.05, 4.69) is 10.1 Å². The molecule has 5 nitrogen and oxygen atoms in total. The molecule has 0 aliphatic rings. The maximum absolute atomic E-state index is 13.5. The lowest BCUT2D eigenvalue weighted by molar-refractivity contribution is -0.141. The van der Waals surface area contributed by atoms with Gasteiger partial charge in [0.25, 0.3) is 0 Å². The number of amides is 1. The van der Waals surface area contributed by atoms with Crippen LogP contribution in [0.1, 0.15) is 24.4 Å². The minimum atomic E-state index is -0.628. The topological polar surface area (TPSA) is 64.6 Å². The number of methoxy groups -OCH3 is 1. The lowest BCUT2D eigenvalue weighted by Crippen LogP contribution is -2.31. The highest BCUT2D eigenvalue weighted by molar-refractivity contribution is 6.31. The van der Waals surface area contributed by atoms with Crippen molar-refractivity contribution in [2.24, 2.45) is 0 Å². The molecule has 2 aromatic carbocycles. The van der Waals surface area contributed by atoms with Crippen molar-refractivity contribution in [1.29, 1.82) is 0 Å². The molecule has 1 unspecified atom stereocenters. The second-order valence-electron chi connectivity index (χ2n) is 5.45. The molecule has 0 spiro atoms. The molecule has 0 heterocycles. The van der Waals surface area contributed by atoms with Crippen molar-refractivity contribution >= 4 is 23.5 Å². The Hall–Kier alpha value is -2.60. The Bertz CT molecular complexity index is 769. The van der Waals surface area contributed by atoms with Crippen LogP contribution in [0.5, 0.6) is 5.75 Å². The minimum Gasteiger partial charge on any atom is -0.490 e. The van der Waals surface area contributed by atoms with Crippen LogP contribution in [0.15, 0.2) is 48.5 Å². The van der Waals surface area contributed by atoms with Crippen LogP contribution in [0.4, 0.5) is 4.39 Å². The Morgan fingerprint density at radius 2 is 1.85 bits per heavy atom. The third-order valence-electron chi connectivity index (χ3n) is 3.64. The van der Waals surface area contributed by atoms with Crippen molar-refractivity contribution in [3.05, 3.63) is 64.9 Å². The summed E-state index contributed by atoms with van der Waals surface area (Å²) in [4.78, 5) is 23.8. The molecule has 138 valence electrons. The third-order valence-corrected chi connectivity index (χ3v) is 3.98. The van der Waals surface area contributed by atoms with Gasteiger partial charge in [0.05, 0.1) is 32.6 Å². The van der Waals surface area contributed by atoms with Crippen molar-refractivity contribution in [1.82, 2.24) is 5.32 Å². The number of rotatable bonds is 8. The molecule has 0 radical (unpaired) electrons. The van der Waals surface area contributed by atoms with Gasteiger partial charge in [-0.25, -0.2) is 4.39 Å². The van der Waals surface area contributed by atoms with Crippen LogP contribution in [0.3, 0.4) is 0 Å². The molecule has 1 atom stereocenters. The van der Waals surface area contributed by atoms with E-state index in [1.54, 1.807) is 36.4 Å². The smallest absolute Gasteiger partial charge is 0.307 e. The number of hydrogen-bond donors (Lipinski definition) is 1. The Balaban J connectivity index is 1.96. The van der Waals surface area contributed by atoms with Gasteiger partial charge >= 0.3 is 5.97 Å². The first kappa shape index (κ1) is 19.7. The molecular weight excluding hydrogens is 361 g/mol. The Morgan fingerprint density at radius 3 is 2.54 bits per heavy atom. The quantitative estimate of drug-likeness (QED) is 0.711. The predicted molar refractivity (Wildman–Crippen MR) is 95.5 cm³/mol. The van der Waals surface area contributed by atoms with Crippen molar-refractivity contribution in [2.75, 3.05) is 13.7 Å². The van der Waals surface area contributed by atoms with Gasteiger partial charge in [-0.2, -0.15) is 0 Å². The summed E-state index contributed by atoms with van der Waals surface area (Å²) in [7, 11) is 1.27. The van der Waals surface area contributed by atoms with E-state index >= 15 is 0 Å². The second-order valence-corrected chi connectivity index (χ2v) is 5.86. The fraction of sp³-hybridized carbons (Fsp3) is 0.263. The summed E-state index contributed by atoms with van der Waals surface area (Å²) >= 11 is 6.16. The summed E-state index contributed by atoms with van der Waals surface area (Å²) in [5.41, 5.74) is 0.614. The average Bonchev–Trinajstić information content (AvgIpc) is 2.63. The number of carbonyl (C=O) groups excluding carboxylic acids is 2. The van der Waals surface area contributed by atoms with Crippen LogP contribution in [0.25, 0.3) is 0 Å². The van der Waals surface area contributed by atoms with E-state index in [1.165, 1.54) is 19.2 Å². The predicted octanol–water partition coefficient (Wildman–Crippen LogP) is 3.67. The average molecular weight is 380 g/mol. The molecular formula is C19H19ClFNO4. The number of para-hydroxylation sites is 1. The van der Waals surface area contributed by atoms with E-state index in [4.69, 9.17) is 16.3 Å². The molecule has 26 heavy (non-hydrogen) atoms. The SMILES string of the molecule is COC(=O)CC(NC(=O)CCOc1ccccc1F)c1ccccc1Cl. The van der Waals surface area contributed by atoms with Crippen LogP contribution in [0, 0.1) is 5.82 Å². The first-order valence-corrected chi connectivity index (χ1v) is 8.37. The number of ether oxygens (including phenoxy) is 2. The minimum absolute atomic E-state index is 0.000231. The van der Waals surface area contributed by atoms with Gasteiger partial charge < -0.3 is 14.8 Å². The number of carbonyl (C=O) groups is 2. The summed E-state index contributed by atoms with van der Waals surface area (Å²) in [6, 6.07) is 12.2. The highest BCUT2D eigenvalue weighted by Crippen LogP contribution is 2.25. The van der Waals surface area contributed by atoms with Gasteiger partial charge in [0, 0.05) is 5.02 Å². The van der Waals surface area contributed by atoms with Gasteiger partial charge in [0.15, 0.2) is 11.6 Å². The summed E-state index contributed by atoms with van der Waals surface area (Å²) in [6.07, 6.45) is -0.0589. The number of benzene rings is 2. The van der Waals surface area contributed by atoms with Gasteiger partial charge in [-0.1, -0.05) is 41.9 Å². The van der Waals surface area contributed by atoms with E-state index in [0.717, 1.165) is 0 Å². The van der Waals surface area contributed by atoms with Gasteiger partial charge in [0.1, 0.15) is 0 Å². The molecule has 1 N–H and O–H groups in total. The molecule has 0 aliphatic heterocycles. The molecule has 0 aromatic heterocycles. The molecule has 7 heteroatoms. The highest BCUT2D eigenvalue weighted by atomic mass is 35.5. The number of halogens is 2. The maximum Gasteiger partial charge on any atom is 0.307 e. The monoisotopic (exact) mass is 379 g/mol.